The minimum atomic E-state index is 0.478. The fourth-order valence-corrected chi connectivity index (χ4v) is 3.83. The number of hydrogen-bond acceptors (Lipinski definition) is 2. The van der Waals surface area contributed by atoms with Crippen LogP contribution in [0.1, 0.15) is 79.6 Å². The van der Waals surface area contributed by atoms with Gasteiger partial charge in [-0.3, -0.25) is 11.3 Å². The Morgan fingerprint density at radius 1 is 1.16 bits per heavy atom. The Bertz CT molecular complexity index is 236. The van der Waals surface area contributed by atoms with Gasteiger partial charge in [0.15, 0.2) is 0 Å². The molecule has 2 heteroatoms. The van der Waals surface area contributed by atoms with Crippen LogP contribution in [-0.4, -0.2) is 6.04 Å². The third-order valence-corrected chi connectivity index (χ3v) is 5.22. The fourth-order valence-electron chi connectivity index (χ4n) is 3.83. The van der Waals surface area contributed by atoms with Gasteiger partial charge in [-0.05, 0) is 55.3 Å². The third-order valence-electron chi connectivity index (χ3n) is 5.22. The lowest BCUT2D eigenvalue weighted by molar-refractivity contribution is 0.126. The van der Waals surface area contributed by atoms with E-state index in [1.165, 1.54) is 44.9 Å². The van der Waals surface area contributed by atoms with Crippen LogP contribution in [0.3, 0.4) is 0 Å². The standard InChI is InChI=1S/C17H36N2/c1-6-7-13(2)12-16(19-18)14-8-10-15(11-9-14)17(3,4)5/h13-16,19H,6-12,18H2,1-5H3. The molecular weight excluding hydrogens is 232 g/mol. The van der Waals surface area contributed by atoms with Crippen molar-refractivity contribution in [2.45, 2.75) is 85.6 Å². The molecule has 0 spiro atoms. The van der Waals surface area contributed by atoms with Crippen LogP contribution in [0.2, 0.25) is 0 Å². The summed E-state index contributed by atoms with van der Waals surface area (Å²) in [4.78, 5) is 0. The van der Waals surface area contributed by atoms with Crippen LogP contribution in [0.25, 0.3) is 0 Å². The van der Waals surface area contributed by atoms with Crippen molar-refractivity contribution in [3.05, 3.63) is 0 Å². The lowest BCUT2D eigenvalue weighted by Gasteiger charge is -2.39. The Hall–Kier alpha value is -0.0800. The molecule has 0 amide bonds. The normalized spacial score (nSPS) is 28.1. The molecule has 0 aliphatic heterocycles. The van der Waals surface area contributed by atoms with Crippen LogP contribution in [0, 0.1) is 23.2 Å². The van der Waals surface area contributed by atoms with Crippen molar-refractivity contribution in [2.24, 2.45) is 29.0 Å². The number of nitrogens with two attached hydrogens (primary N) is 1. The molecule has 0 heterocycles. The summed E-state index contributed by atoms with van der Waals surface area (Å²) in [5, 5.41) is 0. The van der Waals surface area contributed by atoms with Gasteiger partial charge in [0.1, 0.15) is 0 Å². The first kappa shape index (κ1) is 17.0. The van der Waals surface area contributed by atoms with E-state index in [0.29, 0.717) is 11.5 Å². The molecule has 1 saturated carbocycles. The quantitative estimate of drug-likeness (QED) is 0.550. The van der Waals surface area contributed by atoms with Gasteiger partial charge >= 0.3 is 0 Å². The van der Waals surface area contributed by atoms with Crippen LogP contribution in [0.4, 0.5) is 0 Å². The van der Waals surface area contributed by atoms with Gasteiger partial charge in [-0.1, -0.05) is 47.5 Å². The molecule has 0 aromatic carbocycles. The molecule has 0 bridgehead atoms. The number of nitrogens with one attached hydrogen (secondary N) is 1. The zero-order valence-corrected chi connectivity index (χ0v) is 13.8. The lowest BCUT2D eigenvalue weighted by atomic mass is 9.68. The second-order valence-electron chi connectivity index (χ2n) is 7.88. The highest BCUT2D eigenvalue weighted by Crippen LogP contribution is 2.41. The molecule has 0 saturated heterocycles. The summed E-state index contributed by atoms with van der Waals surface area (Å²) in [5.41, 5.74) is 3.59. The SMILES string of the molecule is CCCC(C)CC(NN)C1CCC(C(C)(C)C)CC1. The van der Waals surface area contributed by atoms with E-state index in [9.17, 15) is 0 Å². The molecule has 0 aromatic heterocycles. The second kappa shape index (κ2) is 7.64. The molecule has 114 valence electrons. The maximum Gasteiger partial charge on any atom is 0.0241 e. The minimum Gasteiger partial charge on any atom is -0.271 e. The fraction of sp³-hybridized carbons (Fsp3) is 1.00. The van der Waals surface area contributed by atoms with Gasteiger partial charge in [-0.15, -0.1) is 0 Å². The van der Waals surface area contributed by atoms with E-state index in [1.807, 2.05) is 0 Å². The van der Waals surface area contributed by atoms with Crippen molar-refractivity contribution in [1.82, 2.24) is 5.43 Å². The smallest absolute Gasteiger partial charge is 0.0241 e. The van der Waals surface area contributed by atoms with Crippen LogP contribution in [0.5, 0.6) is 0 Å². The Labute approximate surface area is 120 Å². The zero-order valence-electron chi connectivity index (χ0n) is 13.8. The summed E-state index contributed by atoms with van der Waals surface area (Å²) in [6.07, 6.45) is 9.34. The first-order valence-electron chi connectivity index (χ1n) is 8.34. The Morgan fingerprint density at radius 3 is 2.16 bits per heavy atom. The molecule has 3 N–H and O–H groups in total. The summed E-state index contributed by atoms with van der Waals surface area (Å²) in [6, 6.07) is 0.530. The van der Waals surface area contributed by atoms with Gasteiger partial charge in [0, 0.05) is 6.04 Å². The molecule has 1 fully saturated rings. The molecule has 19 heavy (non-hydrogen) atoms. The van der Waals surface area contributed by atoms with E-state index in [1.54, 1.807) is 0 Å². The third kappa shape index (κ3) is 5.43. The Morgan fingerprint density at radius 2 is 1.74 bits per heavy atom. The highest BCUT2D eigenvalue weighted by molar-refractivity contribution is 4.85. The van der Waals surface area contributed by atoms with E-state index in [2.05, 4.69) is 40.0 Å². The highest BCUT2D eigenvalue weighted by atomic mass is 15.2. The van der Waals surface area contributed by atoms with Gasteiger partial charge in [-0.25, -0.2) is 0 Å². The van der Waals surface area contributed by atoms with Gasteiger partial charge in [0.05, 0.1) is 0 Å². The molecule has 2 unspecified atom stereocenters. The summed E-state index contributed by atoms with van der Waals surface area (Å²) in [7, 11) is 0. The Balaban J connectivity index is 2.43. The van der Waals surface area contributed by atoms with Crippen molar-refractivity contribution in [2.75, 3.05) is 0 Å². The first-order valence-corrected chi connectivity index (χ1v) is 8.34. The Kier molecular flexibility index (Phi) is 6.82. The second-order valence-corrected chi connectivity index (χ2v) is 7.88. The first-order chi connectivity index (χ1) is 8.88. The maximum absolute atomic E-state index is 5.82. The van der Waals surface area contributed by atoms with Crippen molar-refractivity contribution >= 4 is 0 Å². The topological polar surface area (TPSA) is 38.0 Å². The molecule has 2 nitrogen and oxygen atoms in total. The molecular formula is C17H36N2. The maximum atomic E-state index is 5.82. The van der Waals surface area contributed by atoms with E-state index < -0.39 is 0 Å². The van der Waals surface area contributed by atoms with Gasteiger partial charge in [-0.2, -0.15) is 0 Å². The average Bonchev–Trinajstić information content (AvgIpc) is 2.35. The van der Waals surface area contributed by atoms with E-state index >= 15 is 0 Å². The van der Waals surface area contributed by atoms with Crippen molar-refractivity contribution in [3.8, 4) is 0 Å². The van der Waals surface area contributed by atoms with Crippen molar-refractivity contribution in [1.29, 1.82) is 0 Å². The summed E-state index contributed by atoms with van der Waals surface area (Å²) in [5.74, 6) is 8.31. The zero-order chi connectivity index (χ0) is 14.5. The largest absolute Gasteiger partial charge is 0.271 e. The van der Waals surface area contributed by atoms with Gasteiger partial charge < -0.3 is 0 Å². The van der Waals surface area contributed by atoms with Crippen LogP contribution >= 0.6 is 0 Å². The summed E-state index contributed by atoms with van der Waals surface area (Å²) < 4.78 is 0. The van der Waals surface area contributed by atoms with Gasteiger partial charge in [0.2, 0.25) is 0 Å². The summed E-state index contributed by atoms with van der Waals surface area (Å²) >= 11 is 0. The van der Waals surface area contributed by atoms with Crippen LogP contribution in [-0.2, 0) is 0 Å². The predicted molar refractivity (Wildman–Crippen MR) is 84.7 cm³/mol. The average molecular weight is 268 g/mol. The number of hydrogen-bond donors (Lipinski definition) is 2. The van der Waals surface area contributed by atoms with Gasteiger partial charge in [0.25, 0.3) is 0 Å². The lowest BCUT2D eigenvalue weighted by Crippen LogP contribution is -2.44. The molecule has 0 radical (unpaired) electrons. The number of rotatable bonds is 6. The summed E-state index contributed by atoms with van der Waals surface area (Å²) in [6.45, 7) is 11.8. The van der Waals surface area contributed by atoms with Crippen LogP contribution < -0.4 is 11.3 Å². The minimum absolute atomic E-state index is 0.478. The van der Waals surface area contributed by atoms with E-state index in [4.69, 9.17) is 5.84 Å². The molecule has 2 atom stereocenters. The molecule has 1 rings (SSSR count). The highest BCUT2D eigenvalue weighted by Gasteiger charge is 2.32. The van der Waals surface area contributed by atoms with E-state index in [-0.39, 0.29) is 0 Å². The monoisotopic (exact) mass is 268 g/mol. The molecule has 0 aromatic rings. The van der Waals surface area contributed by atoms with Crippen molar-refractivity contribution in [3.63, 3.8) is 0 Å². The predicted octanol–water partition coefficient (Wildman–Crippen LogP) is 4.50. The molecule has 1 aliphatic carbocycles. The number of hydrazine groups is 1. The molecule has 1 aliphatic rings. The van der Waals surface area contributed by atoms with Crippen molar-refractivity contribution < 1.29 is 0 Å². The van der Waals surface area contributed by atoms with E-state index in [0.717, 1.165) is 17.8 Å². The van der Waals surface area contributed by atoms with Crippen LogP contribution in [0.15, 0.2) is 0 Å².